The lowest BCUT2D eigenvalue weighted by Crippen LogP contribution is -2.52. The van der Waals surface area contributed by atoms with Crippen molar-refractivity contribution < 1.29 is 17.9 Å². The van der Waals surface area contributed by atoms with E-state index in [0.717, 1.165) is 13.1 Å². The highest BCUT2D eigenvalue weighted by molar-refractivity contribution is 7.89. The number of nitrogens with one attached hydrogen (secondary N) is 2. The Balaban J connectivity index is 0.00000288. The number of benzene rings is 1. The van der Waals surface area contributed by atoms with E-state index >= 15 is 0 Å². The van der Waals surface area contributed by atoms with Gasteiger partial charge in [0.2, 0.25) is 10.0 Å². The van der Waals surface area contributed by atoms with E-state index < -0.39 is 10.0 Å². The Hall–Kier alpha value is -1.19. The zero-order valence-electron chi connectivity index (χ0n) is 13.8. The van der Waals surface area contributed by atoms with Crippen LogP contribution in [0.25, 0.3) is 0 Å². The van der Waals surface area contributed by atoms with Crippen molar-refractivity contribution in [3.05, 3.63) is 29.8 Å². The van der Waals surface area contributed by atoms with Crippen LogP contribution in [0.2, 0.25) is 0 Å². The van der Waals surface area contributed by atoms with E-state index in [4.69, 9.17) is 4.74 Å². The minimum absolute atomic E-state index is 0. The summed E-state index contributed by atoms with van der Waals surface area (Å²) in [6, 6.07) is 6.21. The molecule has 0 spiro atoms. The van der Waals surface area contributed by atoms with Crippen molar-refractivity contribution in [3.8, 4) is 0 Å². The van der Waals surface area contributed by atoms with Gasteiger partial charge in [0, 0.05) is 44.9 Å². The van der Waals surface area contributed by atoms with Crippen LogP contribution in [-0.2, 0) is 14.8 Å². The van der Waals surface area contributed by atoms with Crippen LogP contribution in [0.1, 0.15) is 17.3 Å². The quantitative estimate of drug-likeness (QED) is 0.703. The molecule has 136 valence electrons. The third kappa shape index (κ3) is 5.15. The zero-order chi connectivity index (χ0) is 16.9. The van der Waals surface area contributed by atoms with Crippen molar-refractivity contribution in [1.82, 2.24) is 14.9 Å². The number of nitrogens with zero attached hydrogens (tertiary/aromatic N) is 1. The lowest BCUT2D eigenvalue weighted by molar-refractivity contribution is 0.0655. The van der Waals surface area contributed by atoms with E-state index in [1.165, 1.54) is 19.2 Å². The molecule has 9 heteroatoms. The highest BCUT2D eigenvalue weighted by atomic mass is 35.5. The van der Waals surface area contributed by atoms with Gasteiger partial charge in [0.1, 0.15) is 0 Å². The fourth-order valence-electron chi connectivity index (χ4n) is 2.47. The third-order valence-electron chi connectivity index (χ3n) is 3.75. The number of piperazine rings is 1. The predicted octanol–water partition coefficient (Wildman–Crippen LogP) is 0.467. The van der Waals surface area contributed by atoms with Gasteiger partial charge in [0.15, 0.2) is 0 Å². The molecule has 0 bridgehead atoms. The van der Waals surface area contributed by atoms with Gasteiger partial charge in [0.05, 0.1) is 11.5 Å². The van der Waals surface area contributed by atoms with E-state index in [9.17, 15) is 13.2 Å². The molecule has 1 aliphatic heterocycles. The van der Waals surface area contributed by atoms with Crippen molar-refractivity contribution >= 4 is 28.3 Å². The Bertz CT molecular complexity index is 654. The Morgan fingerprint density at radius 3 is 2.88 bits per heavy atom. The summed E-state index contributed by atoms with van der Waals surface area (Å²) in [4.78, 5) is 14.5. The van der Waals surface area contributed by atoms with Crippen LogP contribution in [0.4, 0.5) is 0 Å². The Labute approximate surface area is 149 Å². The van der Waals surface area contributed by atoms with Crippen molar-refractivity contribution in [2.75, 3.05) is 39.9 Å². The third-order valence-corrected chi connectivity index (χ3v) is 5.21. The molecular formula is C15H24ClN3O4S. The van der Waals surface area contributed by atoms with Crippen molar-refractivity contribution in [1.29, 1.82) is 0 Å². The van der Waals surface area contributed by atoms with Gasteiger partial charge in [-0.15, -0.1) is 12.4 Å². The molecule has 1 saturated heterocycles. The first-order chi connectivity index (χ1) is 11.0. The number of sulfonamides is 1. The highest BCUT2D eigenvalue weighted by Crippen LogP contribution is 2.15. The Morgan fingerprint density at radius 2 is 2.21 bits per heavy atom. The highest BCUT2D eigenvalue weighted by Gasteiger charge is 2.25. The molecule has 0 saturated carbocycles. The second-order valence-electron chi connectivity index (χ2n) is 5.47. The van der Waals surface area contributed by atoms with E-state index in [1.54, 1.807) is 17.0 Å². The molecule has 1 amide bonds. The van der Waals surface area contributed by atoms with Crippen molar-refractivity contribution in [2.45, 2.75) is 17.9 Å². The van der Waals surface area contributed by atoms with Gasteiger partial charge < -0.3 is 15.0 Å². The van der Waals surface area contributed by atoms with Crippen LogP contribution in [0, 0.1) is 0 Å². The minimum atomic E-state index is -3.65. The van der Waals surface area contributed by atoms with E-state index in [0.29, 0.717) is 12.1 Å². The summed E-state index contributed by atoms with van der Waals surface area (Å²) in [6.45, 7) is 4.54. The summed E-state index contributed by atoms with van der Waals surface area (Å²) in [6.07, 6.45) is 0. The molecule has 0 unspecified atom stereocenters. The molecule has 7 nitrogen and oxygen atoms in total. The van der Waals surface area contributed by atoms with Gasteiger partial charge in [-0.2, -0.15) is 0 Å². The lowest BCUT2D eigenvalue weighted by atomic mass is 10.1. The standard InChI is InChI=1S/C15H23N3O4S.ClH/c1-12-11-16-6-8-18(12)15(19)13-4-3-5-14(10-13)23(20,21)17-7-9-22-2;/h3-5,10,12,16-17H,6-9,11H2,1-2H3;1H/t12-;/m0./s1. The Kier molecular flexibility index (Phi) is 8.11. The van der Waals surface area contributed by atoms with Gasteiger partial charge in [-0.1, -0.05) is 6.07 Å². The molecular weight excluding hydrogens is 354 g/mol. The number of hydrogen-bond donors (Lipinski definition) is 2. The number of carbonyl (C=O) groups is 1. The molecule has 0 radical (unpaired) electrons. The smallest absolute Gasteiger partial charge is 0.254 e. The lowest BCUT2D eigenvalue weighted by Gasteiger charge is -2.34. The summed E-state index contributed by atoms with van der Waals surface area (Å²) in [7, 11) is -2.14. The number of hydrogen-bond acceptors (Lipinski definition) is 5. The van der Waals surface area contributed by atoms with Crippen LogP contribution in [0.3, 0.4) is 0 Å². The molecule has 2 N–H and O–H groups in total. The Morgan fingerprint density at radius 1 is 1.46 bits per heavy atom. The largest absolute Gasteiger partial charge is 0.383 e. The van der Waals surface area contributed by atoms with Gasteiger partial charge in [-0.25, -0.2) is 13.1 Å². The maximum atomic E-state index is 12.6. The SMILES string of the molecule is COCCNS(=O)(=O)c1cccc(C(=O)N2CCNC[C@@H]2C)c1.Cl. The van der Waals surface area contributed by atoms with E-state index in [1.807, 2.05) is 6.92 Å². The summed E-state index contributed by atoms with van der Waals surface area (Å²) >= 11 is 0. The first-order valence-corrected chi connectivity index (χ1v) is 9.04. The fraction of sp³-hybridized carbons (Fsp3) is 0.533. The zero-order valence-corrected chi connectivity index (χ0v) is 15.5. The predicted molar refractivity (Wildman–Crippen MR) is 94.1 cm³/mol. The fourth-order valence-corrected chi connectivity index (χ4v) is 3.52. The number of carbonyl (C=O) groups excluding carboxylic acids is 1. The average molecular weight is 378 g/mol. The summed E-state index contributed by atoms with van der Waals surface area (Å²) in [5, 5.41) is 3.22. The molecule has 0 aromatic heterocycles. The number of ether oxygens (including phenoxy) is 1. The summed E-state index contributed by atoms with van der Waals surface area (Å²) in [5.74, 6) is -0.145. The minimum Gasteiger partial charge on any atom is -0.383 e. The second kappa shape index (κ2) is 9.33. The molecule has 1 fully saturated rings. The summed E-state index contributed by atoms with van der Waals surface area (Å²) in [5.41, 5.74) is 0.383. The molecule has 0 aliphatic carbocycles. The second-order valence-corrected chi connectivity index (χ2v) is 7.24. The number of amides is 1. The molecule has 24 heavy (non-hydrogen) atoms. The average Bonchev–Trinajstić information content (AvgIpc) is 2.55. The van der Waals surface area contributed by atoms with Crippen molar-refractivity contribution in [2.24, 2.45) is 0 Å². The number of halogens is 1. The van der Waals surface area contributed by atoms with Gasteiger partial charge in [0.25, 0.3) is 5.91 Å². The van der Waals surface area contributed by atoms with E-state index in [2.05, 4.69) is 10.0 Å². The monoisotopic (exact) mass is 377 g/mol. The number of methoxy groups -OCH3 is 1. The first kappa shape index (κ1) is 20.9. The molecule has 1 aromatic rings. The van der Waals surface area contributed by atoms with E-state index in [-0.39, 0.29) is 42.4 Å². The molecule has 1 atom stereocenters. The van der Waals surface area contributed by atoms with Gasteiger partial charge in [-0.05, 0) is 25.1 Å². The van der Waals surface area contributed by atoms with Crippen LogP contribution in [0.5, 0.6) is 0 Å². The van der Waals surface area contributed by atoms with Crippen molar-refractivity contribution in [3.63, 3.8) is 0 Å². The summed E-state index contributed by atoms with van der Waals surface area (Å²) < 4.78 is 31.7. The van der Waals surface area contributed by atoms with Crippen LogP contribution < -0.4 is 10.0 Å². The van der Waals surface area contributed by atoms with Crippen LogP contribution in [-0.4, -0.2) is 65.2 Å². The maximum Gasteiger partial charge on any atom is 0.254 e. The van der Waals surface area contributed by atoms with Crippen LogP contribution >= 0.6 is 12.4 Å². The maximum absolute atomic E-state index is 12.6. The normalized spacial score (nSPS) is 18.1. The molecule has 2 rings (SSSR count). The van der Waals surface area contributed by atoms with Crippen LogP contribution in [0.15, 0.2) is 29.2 Å². The van der Waals surface area contributed by atoms with Gasteiger partial charge >= 0.3 is 0 Å². The topological polar surface area (TPSA) is 87.7 Å². The number of rotatable bonds is 6. The first-order valence-electron chi connectivity index (χ1n) is 7.56. The van der Waals surface area contributed by atoms with Gasteiger partial charge in [-0.3, -0.25) is 4.79 Å². The molecule has 1 aromatic carbocycles. The molecule has 1 heterocycles. The molecule has 1 aliphatic rings.